The molecule has 112 valence electrons. The van der Waals surface area contributed by atoms with Crippen molar-refractivity contribution in [2.24, 2.45) is 0 Å². The highest BCUT2D eigenvalue weighted by atomic mass is 16.3. The summed E-state index contributed by atoms with van der Waals surface area (Å²) in [6, 6.07) is 14.1. The number of hydrogen-bond donors (Lipinski definition) is 4. The normalized spacial score (nSPS) is 14.0. The number of carbonyl (C=O) groups excluding carboxylic acids is 1. The summed E-state index contributed by atoms with van der Waals surface area (Å²) in [7, 11) is 0. The van der Waals surface area contributed by atoms with Gasteiger partial charge in [-0.25, -0.2) is 0 Å². The van der Waals surface area contributed by atoms with Gasteiger partial charge in [0.25, 0.3) is 0 Å². The maximum Gasteiger partial charge on any atom is 0.189 e. The fraction of sp³-hybridized carbons (Fsp3) is 0.312. The molecule has 0 unspecified atom stereocenters. The van der Waals surface area contributed by atoms with Crippen LogP contribution in [0.1, 0.15) is 5.56 Å². The molecule has 5 heteroatoms. The highest BCUT2D eigenvalue weighted by Gasteiger charge is 2.22. The monoisotopic (exact) mass is 289 g/mol. The fourth-order valence-electron chi connectivity index (χ4n) is 2.13. The molecule has 0 amide bonds. The smallest absolute Gasteiger partial charge is 0.189 e. The van der Waals surface area contributed by atoms with Crippen molar-refractivity contribution >= 4 is 16.6 Å². The van der Waals surface area contributed by atoms with E-state index in [2.05, 4.69) is 5.32 Å². The Morgan fingerprint density at radius 3 is 2.52 bits per heavy atom. The van der Waals surface area contributed by atoms with E-state index in [0.717, 1.165) is 16.3 Å². The summed E-state index contributed by atoms with van der Waals surface area (Å²) in [6.45, 7) is -0.190. The Hall–Kier alpha value is -1.79. The Labute approximate surface area is 122 Å². The van der Waals surface area contributed by atoms with Crippen molar-refractivity contribution in [1.82, 2.24) is 5.32 Å². The lowest BCUT2D eigenvalue weighted by Gasteiger charge is -2.16. The number of rotatable bonds is 7. The third-order valence-corrected chi connectivity index (χ3v) is 3.35. The largest absolute Gasteiger partial charge is 0.389 e. The molecule has 0 aliphatic carbocycles. The molecule has 0 saturated carbocycles. The third-order valence-electron chi connectivity index (χ3n) is 3.35. The molecule has 0 radical (unpaired) electrons. The van der Waals surface area contributed by atoms with E-state index in [1.165, 1.54) is 0 Å². The summed E-state index contributed by atoms with van der Waals surface area (Å²) >= 11 is 0. The molecule has 2 aromatic rings. The van der Waals surface area contributed by atoms with Crippen molar-refractivity contribution in [1.29, 1.82) is 0 Å². The highest BCUT2D eigenvalue weighted by molar-refractivity contribution is 5.84. The molecule has 21 heavy (non-hydrogen) atoms. The first-order chi connectivity index (χ1) is 10.1. The van der Waals surface area contributed by atoms with Gasteiger partial charge in [-0.2, -0.15) is 0 Å². The van der Waals surface area contributed by atoms with Crippen LogP contribution in [0.5, 0.6) is 0 Å². The minimum Gasteiger partial charge on any atom is -0.389 e. The first-order valence-electron chi connectivity index (χ1n) is 6.80. The van der Waals surface area contributed by atoms with E-state index in [-0.39, 0.29) is 6.54 Å². The second-order valence-electron chi connectivity index (χ2n) is 4.95. The molecular weight excluding hydrogens is 270 g/mol. The summed E-state index contributed by atoms with van der Waals surface area (Å²) in [4.78, 5) is 11.0. The van der Waals surface area contributed by atoms with Crippen LogP contribution in [-0.2, 0) is 11.3 Å². The Bertz CT molecular complexity index is 614. The molecule has 0 heterocycles. The summed E-state index contributed by atoms with van der Waals surface area (Å²) < 4.78 is 0. The highest BCUT2D eigenvalue weighted by Crippen LogP contribution is 2.15. The van der Waals surface area contributed by atoms with Gasteiger partial charge in [0.15, 0.2) is 5.78 Å². The Morgan fingerprint density at radius 2 is 1.81 bits per heavy atom. The summed E-state index contributed by atoms with van der Waals surface area (Å²) in [5.74, 6) is -0.782. The average Bonchev–Trinajstić information content (AvgIpc) is 2.53. The topological polar surface area (TPSA) is 89.8 Å². The second kappa shape index (κ2) is 7.28. The van der Waals surface area contributed by atoms with Gasteiger partial charge in [-0.3, -0.25) is 4.79 Å². The first-order valence-corrected chi connectivity index (χ1v) is 6.80. The van der Waals surface area contributed by atoms with E-state index in [1.54, 1.807) is 0 Å². The SMILES string of the molecule is O=C(CO)[C@@H](O)[C@@H](O)CNCc1ccc2ccccc2c1. The molecule has 2 rings (SSSR count). The number of ketones is 1. The van der Waals surface area contributed by atoms with Crippen LogP contribution in [0.2, 0.25) is 0 Å². The molecule has 0 spiro atoms. The van der Waals surface area contributed by atoms with Gasteiger partial charge in [-0.05, 0) is 22.4 Å². The van der Waals surface area contributed by atoms with Gasteiger partial charge in [0.05, 0.1) is 6.10 Å². The molecule has 0 bridgehead atoms. The van der Waals surface area contributed by atoms with E-state index in [0.29, 0.717) is 6.54 Å². The number of nitrogens with one attached hydrogen (secondary N) is 1. The number of aliphatic hydroxyl groups is 3. The van der Waals surface area contributed by atoms with E-state index >= 15 is 0 Å². The number of Topliss-reactive ketones (excluding diaryl/α,β-unsaturated/α-hetero) is 1. The molecule has 0 aliphatic rings. The number of fused-ring (bicyclic) bond motifs is 1. The standard InChI is InChI=1S/C16H19NO4/c18-10-15(20)16(21)14(19)9-17-8-11-5-6-12-3-1-2-4-13(12)7-11/h1-7,14,16-19,21H,8-10H2/t14-,16-/m0/s1. The number of carbonyl (C=O) groups is 1. The zero-order chi connectivity index (χ0) is 15.2. The van der Waals surface area contributed by atoms with Crippen molar-refractivity contribution in [3.63, 3.8) is 0 Å². The summed E-state index contributed by atoms with van der Waals surface area (Å²) in [5.41, 5.74) is 1.05. The van der Waals surface area contributed by atoms with E-state index in [9.17, 15) is 15.0 Å². The van der Waals surface area contributed by atoms with Gasteiger partial charge < -0.3 is 20.6 Å². The molecule has 0 saturated heterocycles. The van der Waals surface area contributed by atoms with Gasteiger partial charge >= 0.3 is 0 Å². The Morgan fingerprint density at radius 1 is 1.10 bits per heavy atom. The van der Waals surface area contributed by atoms with Crippen LogP contribution in [0.3, 0.4) is 0 Å². The predicted octanol–water partition coefficient (Wildman–Crippen LogP) is 0.213. The zero-order valence-electron chi connectivity index (χ0n) is 11.6. The van der Waals surface area contributed by atoms with Crippen molar-refractivity contribution in [3.8, 4) is 0 Å². The molecule has 4 N–H and O–H groups in total. The van der Waals surface area contributed by atoms with Gasteiger partial charge in [-0.1, -0.05) is 36.4 Å². The van der Waals surface area contributed by atoms with Crippen molar-refractivity contribution in [3.05, 3.63) is 48.0 Å². The van der Waals surface area contributed by atoms with Gasteiger partial charge in [0.2, 0.25) is 0 Å². The van der Waals surface area contributed by atoms with Crippen LogP contribution < -0.4 is 5.32 Å². The lowest BCUT2D eigenvalue weighted by Crippen LogP contribution is -2.42. The number of benzene rings is 2. The predicted molar refractivity (Wildman–Crippen MR) is 79.8 cm³/mol. The van der Waals surface area contributed by atoms with E-state index in [1.807, 2.05) is 42.5 Å². The Kier molecular flexibility index (Phi) is 5.41. The second-order valence-corrected chi connectivity index (χ2v) is 4.95. The van der Waals surface area contributed by atoms with Gasteiger partial charge in [0.1, 0.15) is 12.7 Å². The molecule has 0 aromatic heterocycles. The van der Waals surface area contributed by atoms with Crippen molar-refractivity contribution in [2.45, 2.75) is 18.8 Å². The summed E-state index contributed by atoms with van der Waals surface area (Å²) in [6.07, 6.45) is -2.79. The van der Waals surface area contributed by atoms with E-state index < -0.39 is 24.6 Å². The van der Waals surface area contributed by atoms with Crippen LogP contribution in [0.4, 0.5) is 0 Å². The molecule has 5 nitrogen and oxygen atoms in total. The van der Waals surface area contributed by atoms with E-state index in [4.69, 9.17) is 5.11 Å². The molecular formula is C16H19NO4. The molecule has 0 fully saturated rings. The Balaban J connectivity index is 1.88. The maximum absolute atomic E-state index is 11.0. The van der Waals surface area contributed by atoms with Crippen molar-refractivity contribution in [2.75, 3.05) is 13.2 Å². The zero-order valence-corrected chi connectivity index (χ0v) is 11.6. The summed E-state index contributed by atoms with van der Waals surface area (Å²) in [5, 5.41) is 32.9. The molecule has 2 aromatic carbocycles. The lowest BCUT2D eigenvalue weighted by atomic mass is 10.1. The number of hydrogen-bond acceptors (Lipinski definition) is 5. The lowest BCUT2D eigenvalue weighted by molar-refractivity contribution is -0.135. The molecule has 2 atom stereocenters. The van der Waals surface area contributed by atoms with Crippen LogP contribution in [0.15, 0.2) is 42.5 Å². The van der Waals surface area contributed by atoms with Gasteiger partial charge in [-0.15, -0.1) is 0 Å². The minimum absolute atomic E-state index is 0.0692. The van der Waals surface area contributed by atoms with Crippen LogP contribution in [-0.4, -0.2) is 46.5 Å². The van der Waals surface area contributed by atoms with Gasteiger partial charge in [0, 0.05) is 13.1 Å². The third kappa shape index (κ3) is 4.09. The van der Waals surface area contributed by atoms with Crippen molar-refractivity contribution < 1.29 is 20.1 Å². The van der Waals surface area contributed by atoms with Crippen LogP contribution >= 0.6 is 0 Å². The number of aliphatic hydroxyl groups excluding tert-OH is 3. The fourth-order valence-corrected chi connectivity index (χ4v) is 2.13. The molecule has 0 aliphatic heterocycles. The quantitative estimate of drug-likeness (QED) is 0.585. The average molecular weight is 289 g/mol. The maximum atomic E-state index is 11.0. The van der Waals surface area contributed by atoms with Crippen LogP contribution in [0.25, 0.3) is 10.8 Å². The minimum atomic E-state index is -1.56. The first kappa shape index (κ1) is 15.6. The van der Waals surface area contributed by atoms with Crippen LogP contribution in [0, 0.1) is 0 Å².